The Morgan fingerprint density at radius 2 is 1.55 bits per heavy atom. The minimum atomic E-state index is 0.590. The smallest absolute Gasteiger partial charge is 0.119 e. The maximum atomic E-state index is 5.58. The molecule has 0 aliphatic heterocycles. The van der Waals surface area contributed by atoms with Crippen LogP contribution in [0.15, 0.2) is 59.1 Å². The van der Waals surface area contributed by atoms with Crippen molar-refractivity contribution in [3.8, 4) is 5.75 Å². The molecular formula is C17H19BrO2. The molecular weight excluding hydrogens is 316 g/mol. The van der Waals surface area contributed by atoms with Crippen molar-refractivity contribution in [1.29, 1.82) is 0 Å². The summed E-state index contributed by atoms with van der Waals surface area (Å²) in [7, 11) is 0. The molecule has 0 bridgehead atoms. The molecule has 3 heteroatoms. The summed E-state index contributed by atoms with van der Waals surface area (Å²) in [5.41, 5.74) is 1.36. The van der Waals surface area contributed by atoms with Crippen LogP contribution in [0.4, 0.5) is 0 Å². The van der Waals surface area contributed by atoms with Gasteiger partial charge >= 0.3 is 0 Å². The molecule has 0 spiro atoms. The Balaban J connectivity index is 1.51. The van der Waals surface area contributed by atoms with E-state index >= 15 is 0 Å². The minimum absolute atomic E-state index is 0.590. The zero-order valence-electron chi connectivity index (χ0n) is 11.4. The Hall–Kier alpha value is -1.32. The third kappa shape index (κ3) is 5.76. The molecule has 2 nitrogen and oxygen atoms in total. The molecule has 0 aromatic heterocycles. The van der Waals surface area contributed by atoms with Crippen molar-refractivity contribution >= 4 is 15.9 Å². The molecule has 0 atom stereocenters. The van der Waals surface area contributed by atoms with Crippen LogP contribution in [0.25, 0.3) is 0 Å². The first-order valence-corrected chi connectivity index (χ1v) is 7.64. The first kappa shape index (κ1) is 15.1. The van der Waals surface area contributed by atoms with Gasteiger partial charge in [-0.25, -0.2) is 0 Å². The van der Waals surface area contributed by atoms with E-state index in [-0.39, 0.29) is 0 Å². The number of ether oxygens (including phenoxy) is 2. The lowest BCUT2D eigenvalue weighted by molar-refractivity contribution is 0.0985. The Bertz CT molecular complexity index is 482. The predicted molar refractivity (Wildman–Crippen MR) is 85.2 cm³/mol. The van der Waals surface area contributed by atoms with Crippen LogP contribution in [0.3, 0.4) is 0 Å². The van der Waals surface area contributed by atoms with Gasteiger partial charge in [0.2, 0.25) is 0 Å². The van der Waals surface area contributed by atoms with Gasteiger partial charge in [0.1, 0.15) is 12.4 Å². The number of benzene rings is 2. The molecule has 0 saturated heterocycles. The van der Waals surface area contributed by atoms with E-state index < -0.39 is 0 Å². The molecule has 2 aromatic rings. The molecule has 0 N–H and O–H groups in total. The average Bonchev–Trinajstić information content (AvgIpc) is 2.49. The molecule has 0 fully saturated rings. The summed E-state index contributed by atoms with van der Waals surface area (Å²) in [5, 5.41) is 0. The van der Waals surface area contributed by atoms with E-state index in [0.29, 0.717) is 13.2 Å². The third-order valence-electron chi connectivity index (χ3n) is 2.91. The van der Waals surface area contributed by atoms with Gasteiger partial charge in [0.15, 0.2) is 0 Å². The highest BCUT2D eigenvalue weighted by Crippen LogP contribution is 2.15. The summed E-state index contributed by atoms with van der Waals surface area (Å²) in [6, 6.07) is 18.3. The Labute approximate surface area is 128 Å². The topological polar surface area (TPSA) is 18.5 Å². The monoisotopic (exact) mass is 334 g/mol. The molecule has 0 aliphatic carbocycles. The second kappa shape index (κ2) is 8.77. The van der Waals surface area contributed by atoms with Gasteiger partial charge in [-0.15, -0.1) is 0 Å². The van der Waals surface area contributed by atoms with Gasteiger partial charge in [-0.2, -0.15) is 0 Å². The normalized spacial score (nSPS) is 10.4. The van der Waals surface area contributed by atoms with Crippen LogP contribution in [0, 0.1) is 0 Å². The molecule has 2 rings (SSSR count). The number of halogens is 1. The second-order valence-electron chi connectivity index (χ2n) is 4.50. The van der Waals surface area contributed by atoms with E-state index in [0.717, 1.165) is 29.7 Å². The fourth-order valence-electron chi connectivity index (χ4n) is 1.87. The summed E-state index contributed by atoms with van der Waals surface area (Å²) in [6.07, 6.45) is 2.11. The van der Waals surface area contributed by atoms with Crippen molar-refractivity contribution < 1.29 is 9.47 Å². The maximum Gasteiger partial charge on any atom is 0.119 e. The fraction of sp³-hybridized carbons (Fsp3) is 0.294. The molecule has 106 valence electrons. The van der Waals surface area contributed by atoms with Gasteiger partial charge in [0, 0.05) is 11.1 Å². The van der Waals surface area contributed by atoms with Crippen LogP contribution in [0.1, 0.15) is 12.0 Å². The van der Waals surface area contributed by atoms with E-state index in [1.54, 1.807) is 0 Å². The molecule has 0 saturated carbocycles. The lowest BCUT2D eigenvalue weighted by atomic mass is 10.1. The Kier molecular flexibility index (Phi) is 6.61. The largest absolute Gasteiger partial charge is 0.491 e. The maximum absolute atomic E-state index is 5.58. The minimum Gasteiger partial charge on any atom is -0.491 e. The Morgan fingerprint density at radius 1 is 0.800 bits per heavy atom. The summed E-state index contributed by atoms with van der Waals surface area (Å²) >= 11 is 3.39. The van der Waals surface area contributed by atoms with Crippen LogP contribution in [-0.4, -0.2) is 19.8 Å². The lowest BCUT2D eigenvalue weighted by Crippen LogP contribution is -2.07. The Morgan fingerprint density at radius 3 is 2.30 bits per heavy atom. The molecule has 0 unspecified atom stereocenters. The van der Waals surface area contributed by atoms with Crippen molar-refractivity contribution in [2.24, 2.45) is 0 Å². The van der Waals surface area contributed by atoms with Crippen LogP contribution >= 0.6 is 15.9 Å². The molecule has 0 aliphatic rings. The van der Waals surface area contributed by atoms with Gasteiger partial charge in [-0.1, -0.05) is 46.3 Å². The van der Waals surface area contributed by atoms with Crippen molar-refractivity contribution in [3.05, 3.63) is 64.6 Å². The zero-order valence-corrected chi connectivity index (χ0v) is 13.0. The number of hydrogen-bond donors (Lipinski definition) is 0. The van der Waals surface area contributed by atoms with Crippen molar-refractivity contribution in [3.63, 3.8) is 0 Å². The first-order valence-electron chi connectivity index (χ1n) is 6.84. The standard InChI is InChI=1S/C17H19BrO2/c18-16-8-10-17(11-9-16)20-14-13-19-12-4-7-15-5-2-1-3-6-15/h1-3,5-6,8-11H,4,7,12-14H2. The third-order valence-corrected chi connectivity index (χ3v) is 3.44. The van der Waals surface area contributed by atoms with Crippen LogP contribution in [-0.2, 0) is 11.2 Å². The highest BCUT2D eigenvalue weighted by atomic mass is 79.9. The van der Waals surface area contributed by atoms with Gasteiger partial charge in [-0.05, 0) is 42.7 Å². The number of aryl methyl sites for hydroxylation is 1. The van der Waals surface area contributed by atoms with Gasteiger partial charge < -0.3 is 9.47 Å². The predicted octanol–water partition coefficient (Wildman–Crippen LogP) is 4.48. The zero-order chi connectivity index (χ0) is 14.0. The fourth-order valence-corrected chi connectivity index (χ4v) is 2.14. The molecule has 0 amide bonds. The van der Waals surface area contributed by atoms with Crippen LogP contribution < -0.4 is 4.74 Å². The number of hydrogen-bond acceptors (Lipinski definition) is 2. The highest BCUT2D eigenvalue weighted by Gasteiger charge is 1.95. The van der Waals surface area contributed by atoms with Gasteiger partial charge in [-0.3, -0.25) is 0 Å². The summed E-state index contributed by atoms with van der Waals surface area (Å²) in [6.45, 7) is 2.00. The van der Waals surface area contributed by atoms with Crippen molar-refractivity contribution in [2.75, 3.05) is 19.8 Å². The van der Waals surface area contributed by atoms with Crippen molar-refractivity contribution in [1.82, 2.24) is 0 Å². The average molecular weight is 335 g/mol. The quantitative estimate of drug-likeness (QED) is 0.663. The molecule has 20 heavy (non-hydrogen) atoms. The van der Waals surface area contributed by atoms with E-state index in [2.05, 4.69) is 40.2 Å². The van der Waals surface area contributed by atoms with E-state index in [4.69, 9.17) is 9.47 Å². The number of rotatable bonds is 8. The summed E-state index contributed by atoms with van der Waals surface area (Å²) < 4.78 is 12.2. The molecule has 0 heterocycles. The second-order valence-corrected chi connectivity index (χ2v) is 5.42. The SMILES string of the molecule is Brc1ccc(OCCOCCCc2ccccc2)cc1. The van der Waals surface area contributed by atoms with Gasteiger partial charge in [0.05, 0.1) is 6.61 Å². The first-order chi connectivity index (χ1) is 9.84. The molecule has 2 aromatic carbocycles. The summed E-state index contributed by atoms with van der Waals surface area (Å²) in [5.74, 6) is 0.876. The van der Waals surface area contributed by atoms with Crippen LogP contribution in [0.5, 0.6) is 5.75 Å². The van der Waals surface area contributed by atoms with E-state index in [9.17, 15) is 0 Å². The van der Waals surface area contributed by atoms with E-state index in [1.165, 1.54) is 5.56 Å². The van der Waals surface area contributed by atoms with Gasteiger partial charge in [0.25, 0.3) is 0 Å². The summed E-state index contributed by atoms with van der Waals surface area (Å²) in [4.78, 5) is 0. The highest BCUT2D eigenvalue weighted by molar-refractivity contribution is 9.10. The van der Waals surface area contributed by atoms with Crippen LogP contribution in [0.2, 0.25) is 0 Å². The van der Waals surface area contributed by atoms with Crippen molar-refractivity contribution in [2.45, 2.75) is 12.8 Å². The molecule has 0 radical (unpaired) electrons. The lowest BCUT2D eigenvalue weighted by Gasteiger charge is -2.07. The van der Waals surface area contributed by atoms with E-state index in [1.807, 2.05) is 30.3 Å².